The molecule has 0 aliphatic heterocycles. The summed E-state index contributed by atoms with van der Waals surface area (Å²) < 4.78 is 0.929. The van der Waals surface area contributed by atoms with Gasteiger partial charge in [-0.15, -0.1) is 11.6 Å². The Hall–Kier alpha value is -0.250. The third kappa shape index (κ3) is 13.8. The van der Waals surface area contributed by atoms with Crippen molar-refractivity contribution in [2.45, 2.75) is 12.8 Å². The zero-order valence-corrected chi connectivity index (χ0v) is 11.8. The van der Waals surface area contributed by atoms with E-state index in [2.05, 4.69) is 26.5 Å². The van der Waals surface area contributed by atoms with Gasteiger partial charge in [-0.3, -0.25) is 4.79 Å². The van der Waals surface area contributed by atoms with E-state index in [0.29, 0.717) is 5.88 Å². The van der Waals surface area contributed by atoms with Crippen LogP contribution in [0.3, 0.4) is 0 Å². The van der Waals surface area contributed by atoms with Gasteiger partial charge in [0, 0.05) is 18.8 Å². The number of quaternary nitrogens is 1. The van der Waals surface area contributed by atoms with Crippen molar-refractivity contribution < 1.29 is 21.7 Å². The third-order valence-electron chi connectivity index (χ3n) is 1.85. The summed E-state index contributed by atoms with van der Waals surface area (Å²) in [6, 6.07) is 0. The number of hydrogen-bond acceptors (Lipinski definition) is 1. The van der Waals surface area contributed by atoms with E-state index >= 15 is 0 Å². The topological polar surface area (TPSA) is 29.1 Å². The second kappa shape index (κ2) is 9.94. The summed E-state index contributed by atoms with van der Waals surface area (Å²) in [4.78, 5) is 11.2. The molecule has 5 heteroatoms. The molecule has 0 spiro atoms. The molecular formula is C11H22Cl2N2O. The van der Waals surface area contributed by atoms with Crippen molar-refractivity contribution in [3.63, 3.8) is 0 Å². The molecule has 16 heavy (non-hydrogen) atoms. The third-order valence-corrected chi connectivity index (χ3v) is 2.07. The number of allylic oxidation sites excluding steroid dienone is 1. The van der Waals surface area contributed by atoms with Crippen LogP contribution in [0, 0.1) is 0 Å². The number of amides is 1. The number of nitrogens with zero attached hydrogens (tertiary/aromatic N) is 1. The van der Waals surface area contributed by atoms with E-state index in [4.69, 9.17) is 11.6 Å². The van der Waals surface area contributed by atoms with Gasteiger partial charge in [0.15, 0.2) is 0 Å². The second-order valence-electron chi connectivity index (χ2n) is 4.54. The number of halogens is 2. The van der Waals surface area contributed by atoms with Crippen LogP contribution in [0.2, 0.25) is 0 Å². The Kier molecular flexibility index (Phi) is 11.3. The van der Waals surface area contributed by atoms with Crippen molar-refractivity contribution in [1.82, 2.24) is 5.32 Å². The van der Waals surface area contributed by atoms with E-state index in [1.165, 1.54) is 0 Å². The van der Waals surface area contributed by atoms with Gasteiger partial charge < -0.3 is 22.2 Å². The van der Waals surface area contributed by atoms with Crippen LogP contribution in [0.15, 0.2) is 12.2 Å². The van der Waals surface area contributed by atoms with Gasteiger partial charge in [0.25, 0.3) is 0 Å². The van der Waals surface area contributed by atoms with Gasteiger partial charge in [-0.1, -0.05) is 6.08 Å². The highest BCUT2D eigenvalue weighted by atomic mass is 35.5. The number of carbonyl (C=O) groups is 1. The Morgan fingerprint density at radius 3 is 2.50 bits per heavy atom. The first-order valence-electron chi connectivity index (χ1n) is 5.26. The van der Waals surface area contributed by atoms with Crippen LogP contribution in [-0.2, 0) is 4.79 Å². The van der Waals surface area contributed by atoms with Gasteiger partial charge in [0.1, 0.15) is 0 Å². The predicted molar refractivity (Wildman–Crippen MR) is 65.0 cm³/mol. The maximum absolute atomic E-state index is 11.2. The van der Waals surface area contributed by atoms with Gasteiger partial charge >= 0.3 is 0 Å². The Balaban J connectivity index is 0. The second-order valence-corrected chi connectivity index (χ2v) is 4.92. The summed E-state index contributed by atoms with van der Waals surface area (Å²) in [6.07, 6.45) is 5.09. The lowest BCUT2D eigenvalue weighted by atomic mass is 10.3. The van der Waals surface area contributed by atoms with E-state index in [0.717, 1.165) is 30.4 Å². The summed E-state index contributed by atoms with van der Waals surface area (Å²) in [5.41, 5.74) is 0. The zero-order chi connectivity index (χ0) is 11.7. The van der Waals surface area contributed by atoms with Crippen molar-refractivity contribution in [2.75, 3.05) is 40.1 Å². The van der Waals surface area contributed by atoms with E-state index in [9.17, 15) is 4.79 Å². The van der Waals surface area contributed by atoms with Crippen LogP contribution in [0.5, 0.6) is 0 Å². The van der Waals surface area contributed by atoms with Crippen molar-refractivity contribution in [1.29, 1.82) is 0 Å². The fourth-order valence-corrected chi connectivity index (χ4v) is 1.20. The van der Waals surface area contributed by atoms with Crippen LogP contribution in [0.25, 0.3) is 0 Å². The number of nitrogens with one attached hydrogen (secondary N) is 1. The van der Waals surface area contributed by atoms with Gasteiger partial charge in [-0.2, -0.15) is 0 Å². The molecule has 0 aromatic rings. The molecule has 0 aromatic heterocycles. The Labute approximate surface area is 110 Å². The Morgan fingerprint density at radius 2 is 2.00 bits per heavy atom. The molecule has 0 aliphatic carbocycles. The van der Waals surface area contributed by atoms with E-state index in [1.54, 1.807) is 12.2 Å². The predicted octanol–water partition coefficient (Wildman–Crippen LogP) is -1.61. The molecule has 0 atom stereocenters. The van der Waals surface area contributed by atoms with Crippen molar-refractivity contribution in [3.8, 4) is 0 Å². The summed E-state index contributed by atoms with van der Waals surface area (Å²) >= 11 is 5.48. The number of carbonyl (C=O) groups excluding carboxylic acids is 1. The molecule has 0 saturated carbocycles. The van der Waals surface area contributed by atoms with Gasteiger partial charge in [-0.05, 0) is 12.5 Å². The SMILES string of the molecule is C[N+](C)(C)CCCNC(=O)C=CCCCl.[Cl-]. The summed E-state index contributed by atoms with van der Waals surface area (Å²) in [5.74, 6) is 0.534. The lowest BCUT2D eigenvalue weighted by molar-refractivity contribution is -0.870. The average Bonchev–Trinajstić information content (AvgIpc) is 2.11. The fraction of sp³-hybridized carbons (Fsp3) is 0.727. The van der Waals surface area contributed by atoms with Crippen molar-refractivity contribution in [2.24, 2.45) is 0 Å². The molecule has 0 aromatic carbocycles. The lowest BCUT2D eigenvalue weighted by Crippen LogP contribution is -3.00. The van der Waals surface area contributed by atoms with Crippen LogP contribution in [0.4, 0.5) is 0 Å². The maximum atomic E-state index is 11.2. The molecule has 1 N–H and O–H groups in total. The quantitative estimate of drug-likeness (QED) is 0.256. The van der Waals surface area contributed by atoms with E-state index in [1.807, 2.05) is 0 Å². The molecule has 0 rings (SSSR count). The molecule has 0 unspecified atom stereocenters. The maximum Gasteiger partial charge on any atom is 0.243 e. The largest absolute Gasteiger partial charge is 1.00 e. The van der Waals surface area contributed by atoms with Gasteiger partial charge in [0.05, 0.1) is 27.7 Å². The minimum atomic E-state index is -0.0264. The van der Waals surface area contributed by atoms with Crippen LogP contribution in [0.1, 0.15) is 12.8 Å². The van der Waals surface area contributed by atoms with E-state index in [-0.39, 0.29) is 18.3 Å². The number of alkyl halides is 1. The molecule has 0 saturated heterocycles. The molecule has 1 amide bonds. The molecule has 96 valence electrons. The first-order valence-corrected chi connectivity index (χ1v) is 5.80. The summed E-state index contributed by atoms with van der Waals surface area (Å²) in [6.45, 7) is 1.80. The smallest absolute Gasteiger partial charge is 0.243 e. The highest BCUT2D eigenvalue weighted by molar-refractivity contribution is 6.17. The van der Waals surface area contributed by atoms with Crippen LogP contribution >= 0.6 is 11.6 Å². The highest BCUT2D eigenvalue weighted by Gasteiger charge is 2.05. The van der Waals surface area contributed by atoms with Gasteiger partial charge in [-0.25, -0.2) is 0 Å². The summed E-state index contributed by atoms with van der Waals surface area (Å²) in [7, 11) is 6.42. The van der Waals surface area contributed by atoms with Crippen molar-refractivity contribution in [3.05, 3.63) is 12.2 Å². The minimum Gasteiger partial charge on any atom is -1.00 e. The fourth-order valence-electron chi connectivity index (χ4n) is 1.08. The molecule has 0 heterocycles. The monoisotopic (exact) mass is 268 g/mol. The Bertz CT molecular complexity index is 213. The molecule has 0 aliphatic rings. The first-order chi connectivity index (χ1) is 6.95. The Morgan fingerprint density at radius 1 is 1.38 bits per heavy atom. The minimum absolute atomic E-state index is 0. The van der Waals surface area contributed by atoms with Crippen molar-refractivity contribution >= 4 is 17.5 Å². The molecular weight excluding hydrogens is 247 g/mol. The van der Waals surface area contributed by atoms with Crippen LogP contribution < -0.4 is 17.7 Å². The molecule has 3 nitrogen and oxygen atoms in total. The average molecular weight is 269 g/mol. The normalized spacial score (nSPS) is 11.2. The first kappa shape index (κ1) is 18.1. The zero-order valence-electron chi connectivity index (χ0n) is 10.3. The molecule has 0 bridgehead atoms. The standard InChI is InChI=1S/C11H21ClN2O.ClH/c1-14(2,3)10-6-9-13-11(15)7-4-5-8-12;/h4,7H,5-6,8-10H2,1-3H3;1H. The summed E-state index contributed by atoms with van der Waals surface area (Å²) in [5, 5.41) is 2.84. The number of rotatable bonds is 7. The number of hydrogen-bond donors (Lipinski definition) is 1. The molecule has 0 radical (unpaired) electrons. The van der Waals surface area contributed by atoms with E-state index < -0.39 is 0 Å². The molecule has 0 fully saturated rings. The lowest BCUT2D eigenvalue weighted by Gasteiger charge is -2.23. The van der Waals surface area contributed by atoms with Crippen LogP contribution in [-0.4, -0.2) is 50.5 Å². The highest BCUT2D eigenvalue weighted by Crippen LogP contribution is 1.92. The van der Waals surface area contributed by atoms with Gasteiger partial charge in [0.2, 0.25) is 5.91 Å².